The fraction of sp³-hybridized carbons (Fsp3) is 0.0909. The Kier molecular flexibility index (Phi) is 3.61. The van der Waals surface area contributed by atoms with Crippen molar-refractivity contribution >= 4 is 28.0 Å². The number of carbonyl (C=O) groups excluding carboxylic acids is 1. The number of rotatable bonds is 3. The number of nitro groups is 1. The van der Waals surface area contributed by atoms with E-state index in [1.165, 1.54) is 0 Å². The van der Waals surface area contributed by atoms with Gasteiger partial charge in [-0.05, 0) is 12.1 Å². The highest BCUT2D eigenvalue weighted by molar-refractivity contribution is 7.19. The predicted molar refractivity (Wildman–Crippen MR) is 69.9 cm³/mol. The van der Waals surface area contributed by atoms with Crippen molar-refractivity contribution in [3.63, 3.8) is 0 Å². The predicted octanol–water partition coefficient (Wildman–Crippen LogP) is 2.23. The van der Waals surface area contributed by atoms with Crippen LogP contribution in [0.15, 0.2) is 18.2 Å². The molecular weight excluding hydrogens is 289 g/mol. The van der Waals surface area contributed by atoms with E-state index in [0.29, 0.717) is 0 Å². The molecule has 0 aliphatic rings. The van der Waals surface area contributed by atoms with Crippen LogP contribution in [-0.2, 0) is 4.74 Å². The molecule has 7 nitrogen and oxygen atoms in total. The zero-order valence-electron chi connectivity index (χ0n) is 10.1. The first-order valence-corrected chi connectivity index (χ1v) is 6.04. The molecule has 0 aliphatic heterocycles. The van der Waals surface area contributed by atoms with E-state index in [-0.39, 0.29) is 27.0 Å². The lowest BCUT2D eigenvalue weighted by Crippen LogP contribution is -2.04. The summed E-state index contributed by atoms with van der Waals surface area (Å²) < 4.78 is 17.7. The minimum atomic E-state index is -0.760. The molecule has 0 unspecified atom stereocenters. The van der Waals surface area contributed by atoms with Crippen molar-refractivity contribution in [3.8, 4) is 10.6 Å². The number of nitro benzene ring substituents is 1. The number of nitrogens with two attached hydrogens (primary N) is 1. The van der Waals surface area contributed by atoms with Gasteiger partial charge >= 0.3 is 5.97 Å². The van der Waals surface area contributed by atoms with Crippen LogP contribution in [0, 0.1) is 15.9 Å². The third kappa shape index (κ3) is 2.43. The third-order valence-electron chi connectivity index (χ3n) is 2.42. The molecule has 0 fully saturated rings. The maximum Gasteiger partial charge on any atom is 0.359 e. The smallest absolute Gasteiger partial charge is 0.359 e. The Morgan fingerprint density at radius 3 is 2.85 bits per heavy atom. The quantitative estimate of drug-likeness (QED) is 0.528. The second-order valence-electron chi connectivity index (χ2n) is 3.64. The zero-order valence-corrected chi connectivity index (χ0v) is 10.9. The highest BCUT2D eigenvalue weighted by atomic mass is 32.1. The van der Waals surface area contributed by atoms with E-state index in [0.717, 1.165) is 36.6 Å². The summed E-state index contributed by atoms with van der Waals surface area (Å²) in [6, 6.07) is 2.97. The van der Waals surface area contributed by atoms with Gasteiger partial charge in [-0.25, -0.2) is 14.2 Å². The van der Waals surface area contributed by atoms with Crippen molar-refractivity contribution in [1.82, 2.24) is 4.98 Å². The Balaban J connectivity index is 2.60. The molecule has 0 amide bonds. The molecule has 0 spiro atoms. The fourth-order valence-electron chi connectivity index (χ4n) is 1.53. The number of esters is 1. The molecule has 0 atom stereocenters. The van der Waals surface area contributed by atoms with Crippen LogP contribution in [0.25, 0.3) is 10.6 Å². The summed E-state index contributed by atoms with van der Waals surface area (Å²) in [5.74, 6) is -1.41. The van der Waals surface area contributed by atoms with E-state index in [9.17, 15) is 19.3 Å². The molecule has 1 aromatic carbocycles. The molecule has 20 heavy (non-hydrogen) atoms. The van der Waals surface area contributed by atoms with Crippen molar-refractivity contribution in [1.29, 1.82) is 0 Å². The largest absolute Gasteiger partial charge is 0.464 e. The van der Waals surface area contributed by atoms with Crippen LogP contribution in [0.1, 0.15) is 10.5 Å². The van der Waals surface area contributed by atoms with Crippen molar-refractivity contribution in [3.05, 3.63) is 39.8 Å². The molecule has 2 rings (SSSR count). The van der Waals surface area contributed by atoms with E-state index in [1.807, 2.05) is 0 Å². The number of hydrogen-bond acceptors (Lipinski definition) is 7. The number of benzene rings is 1. The molecular formula is C11H8FN3O4S. The first-order chi connectivity index (χ1) is 9.43. The molecule has 1 aromatic heterocycles. The van der Waals surface area contributed by atoms with Crippen molar-refractivity contribution < 1.29 is 18.8 Å². The summed E-state index contributed by atoms with van der Waals surface area (Å²) in [6.45, 7) is 0. The first-order valence-electron chi connectivity index (χ1n) is 5.23. The number of halogens is 1. The van der Waals surface area contributed by atoms with Gasteiger partial charge in [-0.3, -0.25) is 10.1 Å². The van der Waals surface area contributed by atoms with Crippen LogP contribution in [0.4, 0.5) is 15.1 Å². The molecule has 0 radical (unpaired) electrons. The number of nitrogens with zero attached hydrogens (tertiary/aromatic N) is 2. The number of methoxy groups -OCH3 is 1. The van der Waals surface area contributed by atoms with Gasteiger partial charge in [0.05, 0.1) is 17.6 Å². The Labute approximate surface area is 116 Å². The molecule has 0 bridgehead atoms. The fourth-order valence-corrected chi connectivity index (χ4v) is 2.37. The summed E-state index contributed by atoms with van der Waals surface area (Å²) in [7, 11) is 1.16. The normalized spacial score (nSPS) is 10.3. The standard InChI is InChI=1S/C11H8FN3O4S/c1-19-11(16)8-9(13)20-10(14-8)6-4-5(12)2-3-7(6)15(17)18/h2-4H,13H2,1H3. The number of carbonyl (C=O) groups is 1. The van der Waals surface area contributed by atoms with E-state index in [2.05, 4.69) is 9.72 Å². The Morgan fingerprint density at radius 2 is 2.25 bits per heavy atom. The van der Waals surface area contributed by atoms with Gasteiger partial charge in [0.2, 0.25) is 0 Å². The average molecular weight is 297 g/mol. The molecule has 2 N–H and O–H groups in total. The van der Waals surface area contributed by atoms with Gasteiger partial charge in [0.1, 0.15) is 15.8 Å². The van der Waals surface area contributed by atoms with Crippen LogP contribution in [0.2, 0.25) is 0 Å². The Morgan fingerprint density at radius 1 is 1.55 bits per heavy atom. The second kappa shape index (κ2) is 5.21. The van der Waals surface area contributed by atoms with Crippen molar-refractivity contribution in [2.45, 2.75) is 0 Å². The molecule has 9 heteroatoms. The lowest BCUT2D eigenvalue weighted by molar-refractivity contribution is -0.384. The number of nitrogen functional groups attached to an aromatic ring is 1. The minimum absolute atomic E-state index is 0.0400. The van der Waals surface area contributed by atoms with E-state index < -0.39 is 16.7 Å². The molecule has 0 saturated carbocycles. The summed E-state index contributed by atoms with van der Waals surface area (Å²) in [4.78, 5) is 25.5. The van der Waals surface area contributed by atoms with Gasteiger partial charge < -0.3 is 10.5 Å². The van der Waals surface area contributed by atoms with Crippen molar-refractivity contribution in [2.24, 2.45) is 0 Å². The Bertz CT molecular complexity index is 701. The summed E-state index contributed by atoms with van der Waals surface area (Å²) in [5, 5.41) is 11.0. The average Bonchev–Trinajstić information content (AvgIpc) is 2.79. The molecule has 1 heterocycles. The number of thiazole rings is 1. The minimum Gasteiger partial charge on any atom is -0.464 e. The lowest BCUT2D eigenvalue weighted by Gasteiger charge is -1.99. The van der Waals surface area contributed by atoms with E-state index in [1.54, 1.807) is 0 Å². The van der Waals surface area contributed by atoms with Gasteiger partial charge in [-0.1, -0.05) is 11.3 Å². The van der Waals surface area contributed by atoms with Crippen LogP contribution >= 0.6 is 11.3 Å². The van der Waals surface area contributed by atoms with Crippen LogP contribution in [0.5, 0.6) is 0 Å². The SMILES string of the molecule is COC(=O)c1nc(-c2cc(F)ccc2[N+](=O)[O-])sc1N. The monoisotopic (exact) mass is 297 g/mol. The van der Waals surface area contributed by atoms with Crippen LogP contribution in [0.3, 0.4) is 0 Å². The second-order valence-corrected chi connectivity index (χ2v) is 4.67. The van der Waals surface area contributed by atoms with Gasteiger partial charge in [0.25, 0.3) is 5.69 Å². The summed E-state index contributed by atoms with van der Waals surface area (Å²) >= 11 is 0.846. The summed E-state index contributed by atoms with van der Waals surface area (Å²) in [5.41, 5.74) is 5.10. The molecule has 2 aromatic rings. The zero-order chi connectivity index (χ0) is 14.9. The van der Waals surface area contributed by atoms with E-state index in [4.69, 9.17) is 5.73 Å². The highest BCUT2D eigenvalue weighted by Gasteiger charge is 2.23. The molecule has 0 saturated heterocycles. The maximum absolute atomic E-state index is 13.3. The number of aromatic nitrogens is 1. The van der Waals surface area contributed by atoms with Gasteiger partial charge in [-0.15, -0.1) is 0 Å². The Hall–Kier alpha value is -2.55. The third-order valence-corrected chi connectivity index (χ3v) is 3.34. The van der Waals surface area contributed by atoms with Gasteiger partial charge in [0.15, 0.2) is 5.69 Å². The highest BCUT2D eigenvalue weighted by Crippen LogP contribution is 2.36. The lowest BCUT2D eigenvalue weighted by atomic mass is 10.2. The topological polar surface area (TPSA) is 108 Å². The van der Waals surface area contributed by atoms with Crippen LogP contribution in [-0.4, -0.2) is 23.0 Å². The van der Waals surface area contributed by atoms with Crippen LogP contribution < -0.4 is 5.73 Å². The number of hydrogen-bond donors (Lipinski definition) is 1. The number of anilines is 1. The van der Waals surface area contributed by atoms with Crippen molar-refractivity contribution in [2.75, 3.05) is 12.8 Å². The maximum atomic E-state index is 13.3. The molecule has 104 valence electrons. The summed E-state index contributed by atoms with van der Waals surface area (Å²) in [6.07, 6.45) is 0. The van der Waals surface area contributed by atoms with Gasteiger partial charge in [0, 0.05) is 6.07 Å². The molecule has 0 aliphatic carbocycles. The first kappa shape index (κ1) is 13.9. The number of ether oxygens (including phenoxy) is 1. The van der Waals surface area contributed by atoms with Gasteiger partial charge in [-0.2, -0.15) is 0 Å². The van der Waals surface area contributed by atoms with E-state index >= 15 is 0 Å².